The van der Waals surface area contributed by atoms with Crippen LogP contribution in [0.25, 0.3) is 11.5 Å². The van der Waals surface area contributed by atoms with E-state index in [1.165, 1.54) is 7.11 Å². The first-order valence-electron chi connectivity index (χ1n) is 12.7. The van der Waals surface area contributed by atoms with E-state index in [0.717, 1.165) is 34.8 Å². The van der Waals surface area contributed by atoms with E-state index in [0.29, 0.717) is 38.6 Å². The summed E-state index contributed by atoms with van der Waals surface area (Å²) in [6.45, 7) is 5.61. The predicted molar refractivity (Wildman–Crippen MR) is 138 cm³/mol. The molecule has 1 aliphatic rings. The van der Waals surface area contributed by atoms with Crippen molar-refractivity contribution in [1.29, 1.82) is 0 Å². The number of ether oxygens (including phenoxy) is 3. The largest absolute Gasteiger partial charge is 0.493 e. The molecule has 37 heavy (non-hydrogen) atoms. The van der Waals surface area contributed by atoms with Crippen LogP contribution in [-0.4, -0.2) is 55.4 Å². The van der Waals surface area contributed by atoms with Gasteiger partial charge in [-0.25, -0.2) is 9.78 Å². The molecule has 2 atom stereocenters. The topological polar surface area (TPSA) is 91.1 Å². The predicted octanol–water partition coefficient (Wildman–Crippen LogP) is 5.40. The highest BCUT2D eigenvalue weighted by atomic mass is 16.6. The number of esters is 1. The van der Waals surface area contributed by atoms with Crippen LogP contribution in [0.15, 0.2) is 59.0 Å². The van der Waals surface area contributed by atoms with E-state index in [2.05, 4.69) is 4.98 Å². The van der Waals surface area contributed by atoms with Crippen molar-refractivity contribution >= 4 is 12.1 Å². The lowest BCUT2D eigenvalue weighted by Gasteiger charge is -2.18. The number of hydrogen-bond donors (Lipinski definition) is 0. The Morgan fingerprint density at radius 2 is 1.89 bits per heavy atom. The van der Waals surface area contributed by atoms with Crippen molar-refractivity contribution in [2.45, 2.75) is 39.0 Å². The maximum atomic E-state index is 12.5. The first-order valence-corrected chi connectivity index (χ1v) is 12.7. The van der Waals surface area contributed by atoms with Crippen molar-refractivity contribution in [3.05, 3.63) is 71.6 Å². The minimum atomic E-state index is -0.343. The van der Waals surface area contributed by atoms with E-state index in [4.69, 9.17) is 18.6 Å². The van der Waals surface area contributed by atoms with Crippen molar-refractivity contribution in [3.8, 4) is 17.2 Å². The Hall–Kier alpha value is -3.81. The summed E-state index contributed by atoms with van der Waals surface area (Å²) in [6.07, 6.45) is 1.26. The maximum absolute atomic E-state index is 12.5. The number of likely N-dealkylation sites (tertiary alicyclic amines) is 1. The zero-order chi connectivity index (χ0) is 26.2. The Morgan fingerprint density at radius 3 is 2.65 bits per heavy atom. The van der Waals surface area contributed by atoms with Crippen LogP contribution in [0.1, 0.15) is 42.7 Å². The number of rotatable bonds is 10. The van der Waals surface area contributed by atoms with Gasteiger partial charge in [0.1, 0.15) is 11.5 Å². The second-order valence-electron chi connectivity index (χ2n) is 9.23. The minimum Gasteiger partial charge on any atom is -0.493 e. The first-order chi connectivity index (χ1) is 18.0. The van der Waals surface area contributed by atoms with Crippen LogP contribution in [0.5, 0.6) is 5.75 Å². The summed E-state index contributed by atoms with van der Waals surface area (Å²) >= 11 is 0. The molecule has 0 aliphatic carbocycles. The fourth-order valence-corrected chi connectivity index (χ4v) is 4.65. The number of oxazole rings is 1. The van der Waals surface area contributed by atoms with E-state index in [1.54, 1.807) is 4.90 Å². The normalized spacial score (nSPS) is 17.0. The highest BCUT2D eigenvalue weighted by Crippen LogP contribution is 2.36. The summed E-state index contributed by atoms with van der Waals surface area (Å²) in [5.74, 6) is 1.74. The molecule has 0 unspecified atom stereocenters. The fraction of sp³-hybridized carbons (Fsp3) is 0.414. The molecule has 8 nitrogen and oxygen atoms in total. The Balaban J connectivity index is 1.41. The molecule has 196 valence electrons. The van der Waals surface area contributed by atoms with Gasteiger partial charge in [-0.2, -0.15) is 0 Å². The van der Waals surface area contributed by atoms with Crippen molar-refractivity contribution < 1.29 is 28.2 Å². The molecule has 1 saturated heterocycles. The molecule has 0 radical (unpaired) electrons. The first kappa shape index (κ1) is 26.3. The van der Waals surface area contributed by atoms with Crippen LogP contribution in [0, 0.1) is 12.8 Å². The summed E-state index contributed by atoms with van der Waals surface area (Å²) in [4.78, 5) is 30.9. The molecule has 1 amide bonds. The van der Waals surface area contributed by atoms with Gasteiger partial charge in [0.25, 0.3) is 0 Å². The third-order valence-corrected chi connectivity index (χ3v) is 6.59. The third kappa shape index (κ3) is 6.70. The summed E-state index contributed by atoms with van der Waals surface area (Å²) in [5, 5.41) is 0. The number of aromatic nitrogens is 1. The number of nitrogens with zero attached hydrogens (tertiary/aromatic N) is 2. The van der Waals surface area contributed by atoms with E-state index < -0.39 is 0 Å². The average Bonchev–Trinajstić information content (AvgIpc) is 3.51. The SMILES string of the molecule is CCCOC(=O)N1C[C@@H](CC(=O)OC)[C@@H](c2cccc(OCCc3nc(-c4ccccc4)oc3C)c2)C1. The minimum absolute atomic E-state index is 0.0250. The number of methoxy groups -OCH3 is 1. The van der Waals surface area contributed by atoms with Gasteiger partial charge >= 0.3 is 12.1 Å². The van der Waals surface area contributed by atoms with Crippen molar-refractivity contribution in [2.75, 3.05) is 33.4 Å². The Morgan fingerprint density at radius 1 is 1.08 bits per heavy atom. The second-order valence-corrected chi connectivity index (χ2v) is 9.23. The number of carbonyl (C=O) groups is 2. The molecule has 0 N–H and O–H groups in total. The lowest BCUT2D eigenvalue weighted by molar-refractivity contribution is -0.141. The Labute approximate surface area is 217 Å². The molecule has 0 spiro atoms. The average molecular weight is 507 g/mol. The molecule has 0 bridgehead atoms. The smallest absolute Gasteiger partial charge is 0.409 e. The highest BCUT2D eigenvalue weighted by molar-refractivity contribution is 5.71. The van der Waals surface area contributed by atoms with Crippen LogP contribution in [0.2, 0.25) is 0 Å². The van der Waals surface area contributed by atoms with Gasteiger partial charge in [0.2, 0.25) is 5.89 Å². The van der Waals surface area contributed by atoms with Gasteiger partial charge in [0.15, 0.2) is 0 Å². The number of hydrogen-bond acceptors (Lipinski definition) is 7. The van der Waals surface area contributed by atoms with Gasteiger partial charge < -0.3 is 23.5 Å². The van der Waals surface area contributed by atoms with E-state index in [-0.39, 0.29) is 30.3 Å². The van der Waals surface area contributed by atoms with Crippen LogP contribution >= 0.6 is 0 Å². The summed E-state index contributed by atoms with van der Waals surface area (Å²) in [5.41, 5.74) is 2.82. The summed E-state index contributed by atoms with van der Waals surface area (Å²) in [7, 11) is 1.38. The molecule has 1 fully saturated rings. The molecule has 2 heterocycles. The van der Waals surface area contributed by atoms with Gasteiger partial charge in [-0.3, -0.25) is 4.79 Å². The highest BCUT2D eigenvalue weighted by Gasteiger charge is 2.38. The van der Waals surface area contributed by atoms with Crippen molar-refractivity contribution in [3.63, 3.8) is 0 Å². The summed E-state index contributed by atoms with van der Waals surface area (Å²) < 4.78 is 22.1. The molecule has 1 aliphatic heterocycles. The van der Waals surface area contributed by atoms with Gasteiger partial charge in [0, 0.05) is 31.0 Å². The van der Waals surface area contributed by atoms with Crippen LogP contribution in [0.3, 0.4) is 0 Å². The molecule has 1 aromatic heterocycles. The van der Waals surface area contributed by atoms with Crippen LogP contribution in [0.4, 0.5) is 4.79 Å². The monoisotopic (exact) mass is 506 g/mol. The zero-order valence-corrected chi connectivity index (χ0v) is 21.6. The van der Waals surface area contributed by atoms with Gasteiger partial charge in [-0.1, -0.05) is 37.3 Å². The van der Waals surface area contributed by atoms with Crippen LogP contribution < -0.4 is 4.74 Å². The Bertz CT molecular complexity index is 1190. The fourth-order valence-electron chi connectivity index (χ4n) is 4.65. The second kappa shape index (κ2) is 12.4. The van der Waals surface area contributed by atoms with Gasteiger partial charge in [-0.15, -0.1) is 0 Å². The standard InChI is InChI=1S/C29H34N2O6/c1-4-14-36-29(33)31-18-23(17-27(32)34-3)25(19-31)22-11-8-12-24(16-22)35-15-13-26-20(2)37-28(30-26)21-9-6-5-7-10-21/h5-12,16,23,25H,4,13-15,17-19H2,1-3H3/t23-,25-/m1/s1. The number of carbonyl (C=O) groups excluding carboxylic acids is 2. The van der Waals surface area contributed by atoms with Crippen molar-refractivity contribution in [2.24, 2.45) is 5.92 Å². The number of benzene rings is 2. The van der Waals surface area contributed by atoms with Gasteiger partial charge in [-0.05, 0) is 49.1 Å². The van der Waals surface area contributed by atoms with E-state index in [1.807, 2.05) is 68.4 Å². The molecular formula is C29H34N2O6. The molecule has 3 aromatic rings. The number of aryl methyl sites for hydroxylation is 1. The molecule has 2 aromatic carbocycles. The zero-order valence-electron chi connectivity index (χ0n) is 21.6. The van der Waals surface area contributed by atoms with E-state index >= 15 is 0 Å². The molecule has 4 rings (SSSR count). The lowest BCUT2D eigenvalue weighted by Crippen LogP contribution is -2.30. The third-order valence-electron chi connectivity index (χ3n) is 6.59. The van der Waals surface area contributed by atoms with Crippen molar-refractivity contribution in [1.82, 2.24) is 9.88 Å². The molecular weight excluding hydrogens is 472 g/mol. The maximum Gasteiger partial charge on any atom is 0.409 e. The number of amides is 1. The van der Waals surface area contributed by atoms with E-state index in [9.17, 15) is 9.59 Å². The molecule has 8 heteroatoms. The van der Waals surface area contributed by atoms with Crippen LogP contribution in [-0.2, 0) is 20.7 Å². The summed E-state index contributed by atoms with van der Waals surface area (Å²) in [6, 6.07) is 17.7. The van der Waals surface area contributed by atoms with Gasteiger partial charge in [0.05, 0.1) is 32.4 Å². The molecule has 0 saturated carbocycles. The quantitative estimate of drug-likeness (QED) is 0.340. The lowest BCUT2D eigenvalue weighted by atomic mass is 9.87. The Kier molecular flexibility index (Phi) is 8.82.